The summed E-state index contributed by atoms with van der Waals surface area (Å²) in [5.74, 6) is 0.118. The number of rotatable bonds is 1. The highest BCUT2D eigenvalue weighted by molar-refractivity contribution is 9.10. The van der Waals surface area contributed by atoms with Crippen LogP contribution >= 0.6 is 15.9 Å². The Balaban J connectivity index is 3.43. The third-order valence-electron chi connectivity index (χ3n) is 1.95. The van der Waals surface area contributed by atoms with E-state index in [1.807, 2.05) is 13.0 Å². The number of hydrogen-bond acceptors (Lipinski definition) is 2. The fourth-order valence-electron chi connectivity index (χ4n) is 1.44. The van der Waals surface area contributed by atoms with E-state index in [1.165, 1.54) is 0 Å². The topological polar surface area (TPSA) is 40.5 Å². The minimum Gasteiger partial charge on any atom is -0.506 e. The SMILES string of the molecule is Cc1ccc(Br)c(O)c1C(C)(C)O. The van der Waals surface area contributed by atoms with Gasteiger partial charge in [0.1, 0.15) is 5.75 Å². The molecule has 0 bridgehead atoms. The number of phenolic OH excluding ortho intramolecular Hbond substituents is 1. The number of halogens is 1. The molecule has 0 unspecified atom stereocenters. The lowest BCUT2D eigenvalue weighted by Crippen LogP contribution is -2.17. The maximum absolute atomic E-state index is 9.79. The van der Waals surface area contributed by atoms with E-state index in [4.69, 9.17) is 0 Å². The fraction of sp³-hybridized carbons (Fsp3) is 0.400. The average Bonchev–Trinajstić information content (AvgIpc) is 1.95. The summed E-state index contributed by atoms with van der Waals surface area (Å²) in [5, 5.41) is 19.5. The molecule has 0 aromatic heterocycles. The molecule has 0 saturated carbocycles. The van der Waals surface area contributed by atoms with Crippen LogP contribution in [0.15, 0.2) is 16.6 Å². The lowest BCUT2D eigenvalue weighted by molar-refractivity contribution is 0.0750. The van der Waals surface area contributed by atoms with Crippen molar-refractivity contribution < 1.29 is 10.2 Å². The number of aliphatic hydroxyl groups is 1. The monoisotopic (exact) mass is 244 g/mol. The summed E-state index contributed by atoms with van der Waals surface area (Å²) >= 11 is 3.21. The predicted molar refractivity (Wildman–Crippen MR) is 55.8 cm³/mol. The van der Waals surface area contributed by atoms with Crippen LogP contribution in [0.25, 0.3) is 0 Å². The second kappa shape index (κ2) is 3.31. The zero-order valence-corrected chi connectivity index (χ0v) is 9.51. The minimum atomic E-state index is -1.02. The molecule has 0 aliphatic carbocycles. The van der Waals surface area contributed by atoms with Crippen molar-refractivity contribution in [2.24, 2.45) is 0 Å². The maximum Gasteiger partial charge on any atom is 0.136 e. The summed E-state index contributed by atoms with van der Waals surface area (Å²) in [5.41, 5.74) is 0.438. The van der Waals surface area contributed by atoms with E-state index in [1.54, 1.807) is 19.9 Å². The third kappa shape index (κ3) is 2.03. The molecule has 0 heterocycles. The first-order chi connectivity index (χ1) is 5.84. The van der Waals surface area contributed by atoms with Crippen molar-refractivity contribution in [1.29, 1.82) is 0 Å². The minimum absolute atomic E-state index is 0.118. The molecule has 2 nitrogen and oxygen atoms in total. The van der Waals surface area contributed by atoms with Gasteiger partial charge in [0, 0.05) is 5.56 Å². The Labute approximate surface area is 86.3 Å². The van der Waals surface area contributed by atoms with Crippen LogP contribution in [0.2, 0.25) is 0 Å². The molecule has 1 aromatic carbocycles. The molecule has 0 aliphatic heterocycles. The number of aryl methyl sites for hydroxylation is 1. The molecule has 0 saturated heterocycles. The number of phenols is 1. The first-order valence-electron chi connectivity index (χ1n) is 4.05. The number of benzene rings is 1. The zero-order valence-electron chi connectivity index (χ0n) is 7.93. The molecule has 0 aliphatic rings. The van der Waals surface area contributed by atoms with Crippen LogP contribution in [0.3, 0.4) is 0 Å². The molecule has 1 aromatic rings. The highest BCUT2D eigenvalue weighted by Gasteiger charge is 2.23. The Bertz CT molecular complexity index is 326. The molecule has 0 spiro atoms. The van der Waals surface area contributed by atoms with Gasteiger partial charge in [-0.3, -0.25) is 0 Å². The van der Waals surface area contributed by atoms with E-state index < -0.39 is 5.60 Å². The first-order valence-corrected chi connectivity index (χ1v) is 4.84. The van der Waals surface area contributed by atoms with Gasteiger partial charge in [-0.15, -0.1) is 0 Å². The molecule has 13 heavy (non-hydrogen) atoms. The molecular formula is C10H13BrO2. The Morgan fingerprint density at radius 3 is 2.23 bits per heavy atom. The molecule has 2 N–H and O–H groups in total. The summed E-state index contributed by atoms with van der Waals surface area (Å²) < 4.78 is 0.607. The Morgan fingerprint density at radius 2 is 1.85 bits per heavy atom. The van der Waals surface area contributed by atoms with Crippen LogP contribution in [0.4, 0.5) is 0 Å². The molecule has 3 heteroatoms. The van der Waals surface area contributed by atoms with E-state index in [0.29, 0.717) is 10.0 Å². The fourth-order valence-corrected chi connectivity index (χ4v) is 1.77. The van der Waals surface area contributed by atoms with Crippen molar-refractivity contribution in [3.05, 3.63) is 27.7 Å². The average molecular weight is 245 g/mol. The summed E-state index contributed by atoms with van der Waals surface area (Å²) in [6.45, 7) is 5.17. The van der Waals surface area contributed by atoms with Gasteiger partial charge in [-0.1, -0.05) is 6.07 Å². The first kappa shape index (κ1) is 10.5. The molecule has 0 radical (unpaired) electrons. The molecule has 0 fully saturated rings. The van der Waals surface area contributed by atoms with E-state index in [0.717, 1.165) is 5.56 Å². The molecule has 0 amide bonds. The van der Waals surface area contributed by atoms with Crippen molar-refractivity contribution in [2.45, 2.75) is 26.4 Å². The van der Waals surface area contributed by atoms with Gasteiger partial charge < -0.3 is 10.2 Å². The van der Waals surface area contributed by atoms with Gasteiger partial charge in [0.25, 0.3) is 0 Å². The van der Waals surface area contributed by atoms with Crippen molar-refractivity contribution in [3.63, 3.8) is 0 Å². The lowest BCUT2D eigenvalue weighted by atomic mass is 9.93. The summed E-state index contributed by atoms with van der Waals surface area (Å²) in [7, 11) is 0. The van der Waals surface area contributed by atoms with Gasteiger partial charge in [-0.25, -0.2) is 0 Å². The molecule has 0 atom stereocenters. The largest absolute Gasteiger partial charge is 0.506 e. The van der Waals surface area contributed by atoms with Crippen LogP contribution in [-0.4, -0.2) is 10.2 Å². The van der Waals surface area contributed by atoms with Crippen LogP contribution < -0.4 is 0 Å². The van der Waals surface area contributed by atoms with Crippen LogP contribution in [0.5, 0.6) is 5.75 Å². The Morgan fingerprint density at radius 1 is 1.31 bits per heavy atom. The van der Waals surface area contributed by atoms with Crippen LogP contribution in [0.1, 0.15) is 25.0 Å². The molecule has 1 rings (SSSR count). The second-order valence-corrected chi connectivity index (χ2v) is 4.50. The standard InChI is InChI=1S/C10H13BrO2/c1-6-4-5-7(11)9(12)8(6)10(2,3)13/h4-5,12-13H,1-3H3. The van der Waals surface area contributed by atoms with Gasteiger partial charge >= 0.3 is 0 Å². The van der Waals surface area contributed by atoms with E-state index in [-0.39, 0.29) is 5.75 Å². The zero-order chi connectivity index (χ0) is 10.2. The van der Waals surface area contributed by atoms with Gasteiger partial charge in [0.05, 0.1) is 10.1 Å². The summed E-state index contributed by atoms with van der Waals surface area (Å²) in [4.78, 5) is 0. The van der Waals surface area contributed by atoms with E-state index in [2.05, 4.69) is 15.9 Å². The Hall–Kier alpha value is -0.540. The maximum atomic E-state index is 9.79. The highest BCUT2D eigenvalue weighted by atomic mass is 79.9. The predicted octanol–water partition coefficient (Wildman–Crippen LogP) is 2.69. The van der Waals surface area contributed by atoms with E-state index in [9.17, 15) is 10.2 Å². The quantitative estimate of drug-likeness (QED) is 0.798. The van der Waals surface area contributed by atoms with Crippen LogP contribution in [0, 0.1) is 6.92 Å². The van der Waals surface area contributed by atoms with Crippen molar-refractivity contribution in [1.82, 2.24) is 0 Å². The van der Waals surface area contributed by atoms with Gasteiger partial charge in [-0.05, 0) is 48.3 Å². The highest BCUT2D eigenvalue weighted by Crippen LogP contribution is 2.36. The second-order valence-electron chi connectivity index (χ2n) is 3.65. The van der Waals surface area contributed by atoms with Crippen LogP contribution in [-0.2, 0) is 5.60 Å². The summed E-state index contributed by atoms with van der Waals surface area (Å²) in [6, 6.07) is 3.62. The van der Waals surface area contributed by atoms with Crippen molar-refractivity contribution >= 4 is 15.9 Å². The van der Waals surface area contributed by atoms with E-state index >= 15 is 0 Å². The van der Waals surface area contributed by atoms with Crippen molar-refractivity contribution in [3.8, 4) is 5.75 Å². The lowest BCUT2D eigenvalue weighted by Gasteiger charge is -2.22. The number of hydrogen-bond donors (Lipinski definition) is 2. The third-order valence-corrected chi connectivity index (χ3v) is 2.59. The van der Waals surface area contributed by atoms with Gasteiger partial charge in [0.2, 0.25) is 0 Å². The van der Waals surface area contributed by atoms with Gasteiger partial charge in [-0.2, -0.15) is 0 Å². The van der Waals surface area contributed by atoms with Gasteiger partial charge in [0.15, 0.2) is 0 Å². The Kier molecular flexibility index (Phi) is 2.68. The summed E-state index contributed by atoms with van der Waals surface area (Å²) in [6.07, 6.45) is 0. The number of aromatic hydroxyl groups is 1. The smallest absolute Gasteiger partial charge is 0.136 e. The molecular weight excluding hydrogens is 232 g/mol. The molecule has 72 valence electrons. The normalized spacial score (nSPS) is 11.8. The van der Waals surface area contributed by atoms with Crippen molar-refractivity contribution in [2.75, 3.05) is 0 Å².